The van der Waals surface area contributed by atoms with E-state index in [0.717, 1.165) is 6.07 Å². The summed E-state index contributed by atoms with van der Waals surface area (Å²) in [5.74, 6) is -2.09. The van der Waals surface area contributed by atoms with E-state index in [1.165, 1.54) is 19.2 Å². The Balaban J connectivity index is 1.98. The first-order valence-electron chi connectivity index (χ1n) is 7.87. The molecule has 0 radical (unpaired) electrons. The van der Waals surface area contributed by atoms with Gasteiger partial charge in [-0.3, -0.25) is 9.59 Å². The largest absolute Gasteiger partial charge is 0.452 e. The van der Waals surface area contributed by atoms with E-state index in [-0.39, 0.29) is 11.5 Å². The summed E-state index contributed by atoms with van der Waals surface area (Å²) < 4.78 is 42.6. The van der Waals surface area contributed by atoms with Gasteiger partial charge in [-0.15, -0.1) is 0 Å². The summed E-state index contributed by atoms with van der Waals surface area (Å²) in [6.45, 7) is -0.691. The third-order valence-electron chi connectivity index (χ3n) is 3.57. The molecule has 2 rings (SSSR count). The van der Waals surface area contributed by atoms with Crippen LogP contribution in [0.1, 0.15) is 26.3 Å². The van der Waals surface area contributed by atoms with Crippen LogP contribution in [-0.2, 0) is 15.7 Å². The highest BCUT2D eigenvalue weighted by atomic mass is 19.4. The van der Waals surface area contributed by atoms with E-state index in [2.05, 4.69) is 10.6 Å². The lowest BCUT2D eigenvalue weighted by Gasteiger charge is -2.11. The van der Waals surface area contributed by atoms with Gasteiger partial charge >= 0.3 is 12.1 Å². The quantitative estimate of drug-likeness (QED) is 0.532. The fourth-order valence-corrected chi connectivity index (χ4v) is 2.21. The van der Waals surface area contributed by atoms with Crippen molar-refractivity contribution in [2.45, 2.75) is 6.18 Å². The summed E-state index contributed by atoms with van der Waals surface area (Å²) in [6.07, 6.45) is -4.60. The van der Waals surface area contributed by atoms with Crippen LogP contribution in [0.5, 0.6) is 0 Å². The molecule has 2 aromatic rings. The molecule has 0 spiro atoms. The Morgan fingerprint density at radius 3 is 2.43 bits per heavy atom. The van der Waals surface area contributed by atoms with E-state index < -0.39 is 35.9 Å². The summed E-state index contributed by atoms with van der Waals surface area (Å²) in [5.41, 5.74) is 4.37. The molecule has 148 valence electrons. The number of hydrogen-bond donors (Lipinski definition) is 3. The lowest BCUT2D eigenvalue weighted by Crippen LogP contribution is -2.22. The monoisotopic (exact) mass is 395 g/mol. The maximum atomic E-state index is 12.6. The zero-order valence-corrected chi connectivity index (χ0v) is 14.6. The molecule has 0 aliphatic heterocycles. The lowest BCUT2D eigenvalue weighted by atomic mass is 10.1. The fourth-order valence-electron chi connectivity index (χ4n) is 2.21. The van der Waals surface area contributed by atoms with E-state index >= 15 is 0 Å². The molecule has 0 aliphatic carbocycles. The first-order chi connectivity index (χ1) is 13.1. The van der Waals surface area contributed by atoms with Gasteiger partial charge in [-0.25, -0.2) is 4.79 Å². The van der Waals surface area contributed by atoms with Crippen molar-refractivity contribution in [3.63, 3.8) is 0 Å². The number of carbonyl (C=O) groups is 3. The normalized spacial score (nSPS) is 10.9. The summed E-state index contributed by atoms with van der Waals surface area (Å²) in [5, 5.41) is 4.87. The molecule has 0 bridgehead atoms. The van der Waals surface area contributed by atoms with Crippen LogP contribution in [0, 0.1) is 0 Å². The number of anilines is 2. The number of rotatable bonds is 5. The maximum Gasteiger partial charge on any atom is 0.416 e. The van der Waals surface area contributed by atoms with Crippen LogP contribution in [-0.4, -0.2) is 31.4 Å². The number of alkyl halides is 3. The number of amides is 2. The van der Waals surface area contributed by atoms with Crippen molar-refractivity contribution in [3.8, 4) is 0 Å². The van der Waals surface area contributed by atoms with Crippen molar-refractivity contribution < 1.29 is 32.3 Å². The number of halogens is 3. The Kier molecular flexibility index (Phi) is 6.24. The van der Waals surface area contributed by atoms with Crippen LogP contribution in [0.4, 0.5) is 24.5 Å². The number of nitrogens with one attached hydrogen (secondary N) is 2. The van der Waals surface area contributed by atoms with Crippen molar-refractivity contribution in [3.05, 3.63) is 59.2 Å². The third kappa shape index (κ3) is 5.22. The molecule has 28 heavy (non-hydrogen) atoms. The Bertz CT molecular complexity index is 913. The highest BCUT2D eigenvalue weighted by molar-refractivity contribution is 5.99. The second kappa shape index (κ2) is 8.42. The second-order valence-corrected chi connectivity index (χ2v) is 5.58. The number of carbonyl (C=O) groups excluding carboxylic acids is 3. The zero-order valence-electron chi connectivity index (χ0n) is 14.6. The number of esters is 1. The lowest BCUT2D eigenvalue weighted by molar-refractivity contribution is -0.137. The van der Waals surface area contributed by atoms with Gasteiger partial charge in [-0.2, -0.15) is 13.2 Å². The van der Waals surface area contributed by atoms with E-state index in [1.54, 1.807) is 12.1 Å². The van der Waals surface area contributed by atoms with Gasteiger partial charge in [0.05, 0.1) is 11.1 Å². The highest BCUT2D eigenvalue weighted by Crippen LogP contribution is 2.31. The van der Waals surface area contributed by atoms with E-state index in [4.69, 9.17) is 10.5 Å². The van der Waals surface area contributed by atoms with Crippen LogP contribution in [0.15, 0.2) is 42.5 Å². The molecule has 0 unspecified atom stereocenters. The Hall–Kier alpha value is -3.56. The smallest absolute Gasteiger partial charge is 0.416 e. The molecule has 2 aromatic carbocycles. The number of ether oxygens (including phenoxy) is 1. The van der Waals surface area contributed by atoms with E-state index in [1.807, 2.05) is 0 Å². The van der Waals surface area contributed by atoms with Crippen LogP contribution >= 0.6 is 0 Å². The molecule has 0 heterocycles. The molecule has 0 fully saturated rings. The van der Waals surface area contributed by atoms with E-state index in [0.29, 0.717) is 23.4 Å². The summed E-state index contributed by atoms with van der Waals surface area (Å²) in [4.78, 5) is 35.4. The molecule has 0 atom stereocenters. The van der Waals surface area contributed by atoms with Crippen LogP contribution in [0.3, 0.4) is 0 Å². The van der Waals surface area contributed by atoms with Crippen LogP contribution in [0.25, 0.3) is 0 Å². The van der Waals surface area contributed by atoms with Crippen molar-refractivity contribution >= 4 is 29.2 Å². The molecule has 2 amide bonds. The summed E-state index contributed by atoms with van der Waals surface area (Å²) in [6, 6.07) is 8.23. The molecular weight excluding hydrogens is 379 g/mol. The highest BCUT2D eigenvalue weighted by Gasteiger charge is 2.31. The molecular formula is C18H16F3N3O4. The minimum absolute atomic E-state index is 0.289. The van der Waals surface area contributed by atoms with Crippen LogP contribution < -0.4 is 16.4 Å². The third-order valence-corrected chi connectivity index (χ3v) is 3.57. The van der Waals surface area contributed by atoms with Crippen molar-refractivity contribution in [1.82, 2.24) is 5.32 Å². The van der Waals surface area contributed by atoms with E-state index in [9.17, 15) is 27.6 Å². The van der Waals surface area contributed by atoms with Crippen LogP contribution in [0.2, 0.25) is 0 Å². The number of benzene rings is 2. The standard InChI is InChI=1S/C18H16F3N3O4/c1-23-16(26)10-3-2-4-12(7-10)24-15(25)9-28-17(27)13-6-5-11(8-14(13)22)18(19,20)21/h2-8H,9,22H2,1H3,(H,23,26)(H,24,25). The predicted octanol–water partition coefficient (Wildman–Crippen LogP) is 2.44. The van der Waals surface area contributed by atoms with Crippen molar-refractivity contribution in [2.24, 2.45) is 0 Å². The Morgan fingerprint density at radius 2 is 1.82 bits per heavy atom. The molecule has 10 heteroatoms. The van der Waals surface area contributed by atoms with Gasteiger partial charge in [-0.1, -0.05) is 6.07 Å². The van der Waals surface area contributed by atoms with Gasteiger partial charge < -0.3 is 21.1 Å². The van der Waals surface area contributed by atoms with Gasteiger partial charge in [0.25, 0.3) is 11.8 Å². The average molecular weight is 395 g/mol. The molecule has 0 saturated heterocycles. The molecule has 4 N–H and O–H groups in total. The first-order valence-corrected chi connectivity index (χ1v) is 7.87. The van der Waals surface area contributed by atoms with Gasteiger partial charge in [-0.05, 0) is 36.4 Å². The zero-order chi connectivity index (χ0) is 20.9. The first kappa shape index (κ1) is 20.7. The average Bonchev–Trinajstić information content (AvgIpc) is 2.64. The predicted molar refractivity (Wildman–Crippen MR) is 94.6 cm³/mol. The van der Waals surface area contributed by atoms with Gasteiger partial charge in [0.2, 0.25) is 0 Å². The summed E-state index contributed by atoms with van der Waals surface area (Å²) >= 11 is 0. The van der Waals surface area contributed by atoms with Crippen molar-refractivity contribution in [2.75, 3.05) is 24.7 Å². The fraction of sp³-hybridized carbons (Fsp3) is 0.167. The molecule has 0 saturated carbocycles. The summed E-state index contributed by atoms with van der Waals surface area (Å²) in [7, 11) is 1.46. The topological polar surface area (TPSA) is 111 Å². The minimum Gasteiger partial charge on any atom is -0.452 e. The van der Waals surface area contributed by atoms with Gasteiger partial charge in [0.15, 0.2) is 6.61 Å². The molecule has 0 aliphatic rings. The number of hydrogen-bond acceptors (Lipinski definition) is 5. The maximum absolute atomic E-state index is 12.6. The second-order valence-electron chi connectivity index (χ2n) is 5.58. The molecule has 0 aromatic heterocycles. The van der Waals surface area contributed by atoms with Gasteiger partial charge in [0.1, 0.15) is 0 Å². The number of nitrogens with two attached hydrogens (primary N) is 1. The molecule has 7 nitrogen and oxygen atoms in total. The SMILES string of the molecule is CNC(=O)c1cccc(NC(=O)COC(=O)c2ccc(C(F)(F)F)cc2N)c1. The Morgan fingerprint density at radius 1 is 1.11 bits per heavy atom. The number of nitrogen functional groups attached to an aromatic ring is 1. The minimum atomic E-state index is -4.60. The Labute approximate surface area is 157 Å². The van der Waals surface area contributed by atoms with Gasteiger partial charge in [0, 0.05) is 24.0 Å². The van der Waals surface area contributed by atoms with Crippen molar-refractivity contribution in [1.29, 1.82) is 0 Å².